The summed E-state index contributed by atoms with van der Waals surface area (Å²) >= 11 is 0. The number of nitrogens with zero attached hydrogens (tertiary/aromatic N) is 2. The van der Waals surface area contributed by atoms with Gasteiger partial charge < -0.3 is 11.1 Å². The number of hydrogen-bond acceptors (Lipinski definition) is 4. The van der Waals surface area contributed by atoms with Gasteiger partial charge in [-0.3, -0.25) is 4.98 Å². The summed E-state index contributed by atoms with van der Waals surface area (Å²) in [5.74, 6) is 0.570. The van der Waals surface area contributed by atoms with Gasteiger partial charge in [-0.05, 0) is 42.3 Å². The molecule has 0 bridgehead atoms. The van der Waals surface area contributed by atoms with Gasteiger partial charge in [0.1, 0.15) is 5.82 Å². The molecule has 1 aromatic carbocycles. The van der Waals surface area contributed by atoms with Crippen molar-refractivity contribution in [1.82, 2.24) is 15.3 Å². The van der Waals surface area contributed by atoms with Gasteiger partial charge >= 0.3 is 0 Å². The predicted molar refractivity (Wildman–Crippen MR) is 84.8 cm³/mol. The Labute approximate surface area is 123 Å². The van der Waals surface area contributed by atoms with E-state index in [0.717, 1.165) is 41.7 Å². The molecule has 0 spiro atoms. The van der Waals surface area contributed by atoms with E-state index in [9.17, 15) is 0 Å². The maximum absolute atomic E-state index is 5.97. The van der Waals surface area contributed by atoms with E-state index in [1.807, 2.05) is 30.5 Å². The van der Waals surface area contributed by atoms with E-state index in [4.69, 9.17) is 5.73 Å². The van der Waals surface area contributed by atoms with Gasteiger partial charge in [-0.15, -0.1) is 0 Å². The van der Waals surface area contributed by atoms with Crippen molar-refractivity contribution >= 4 is 16.7 Å². The highest BCUT2D eigenvalue weighted by molar-refractivity contribution is 5.83. The number of nitrogens with one attached hydrogen (secondary N) is 1. The van der Waals surface area contributed by atoms with Crippen LogP contribution in [0.5, 0.6) is 0 Å². The quantitative estimate of drug-likeness (QED) is 0.717. The summed E-state index contributed by atoms with van der Waals surface area (Å²) in [6, 6.07) is 12.2. The number of fused-ring (bicyclic) bond motifs is 2. The van der Waals surface area contributed by atoms with Crippen molar-refractivity contribution < 1.29 is 0 Å². The first kappa shape index (κ1) is 12.3. The molecule has 21 heavy (non-hydrogen) atoms. The lowest BCUT2D eigenvalue weighted by atomic mass is 9.96. The molecule has 0 amide bonds. The molecule has 0 saturated heterocycles. The van der Waals surface area contributed by atoms with Gasteiger partial charge in [-0.1, -0.05) is 18.2 Å². The van der Waals surface area contributed by atoms with Crippen LogP contribution in [0.1, 0.15) is 11.1 Å². The fourth-order valence-corrected chi connectivity index (χ4v) is 2.96. The Morgan fingerprint density at radius 2 is 2.05 bits per heavy atom. The van der Waals surface area contributed by atoms with E-state index in [-0.39, 0.29) is 0 Å². The summed E-state index contributed by atoms with van der Waals surface area (Å²) in [7, 11) is 0. The van der Waals surface area contributed by atoms with Crippen molar-refractivity contribution in [2.45, 2.75) is 13.0 Å². The molecule has 1 aliphatic heterocycles. The van der Waals surface area contributed by atoms with Crippen molar-refractivity contribution in [2.75, 3.05) is 12.3 Å². The van der Waals surface area contributed by atoms with E-state index in [1.54, 1.807) is 0 Å². The van der Waals surface area contributed by atoms with Crippen molar-refractivity contribution in [3.05, 3.63) is 53.7 Å². The van der Waals surface area contributed by atoms with Gasteiger partial charge in [0.05, 0.1) is 11.2 Å². The van der Waals surface area contributed by atoms with Crippen LogP contribution < -0.4 is 11.1 Å². The van der Waals surface area contributed by atoms with E-state index in [2.05, 4.69) is 27.4 Å². The fraction of sp³-hybridized carbons (Fsp3) is 0.176. The molecular formula is C17H16N4. The van der Waals surface area contributed by atoms with Crippen molar-refractivity contribution in [1.29, 1.82) is 0 Å². The number of para-hydroxylation sites is 1. The van der Waals surface area contributed by atoms with E-state index >= 15 is 0 Å². The number of hydrogen-bond donors (Lipinski definition) is 2. The summed E-state index contributed by atoms with van der Waals surface area (Å²) in [6.45, 7) is 1.84. The molecule has 3 aromatic rings. The second-order valence-electron chi connectivity index (χ2n) is 5.38. The van der Waals surface area contributed by atoms with Crippen molar-refractivity contribution in [2.24, 2.45) is 0 Å². The molecule has 0 unspecified atom stereocenters. The highest BCUT2D eigenvalue weighted by Gasteiger charge is 2.16. The Bertz CT molecular complexity index is 826. The summed E-state index contributed by atoms with van der Waals surface area (Å²) in [5.41, 5.74) is 11.5. The number of benzene rings is 1. The highest BCUT2D eigenvalue weighted by atomic mass is 14.9. The molecule has 4 nitrogen and oxygen atoms in total. The van der Waals surface area contributed by atoms with E-state index < -0.39 is 0 Å². The van der Waals surface area contributed by atoms with E-state index in [1.165, 1.54) is 11.1 Å². The summed E-state index contributed by atoms with van der Waals surface area (Å²) in [5, 5.41) is 4.50. The zero-order chi connectivity index (χ0) is 14.2. The summed E-state index contributed by atoms with van der Waals surface area (Å²) < 4.78 is 0. The van der Waals surface area contributed by atoms with Gasteiger partial charge in [-0.2, -0.15) is 0 Å². The topological polar surface area (TPSA) is 63.8 Å². The number of pyridine rings is 2. The van der Waals surface area contributed by atoms with Crippen LogP contribution in [-0.4, -0.2) is 16.5 Å². The Kier molecular flexibility index (Phi) is 2.82. The predicted octanol–water partition coefficient (Wildman–Crippen LogP) is 2.52. The molecule has 0 saturated carbocycles. The molecule has 0 aliphatic carbocycles. The maximum Gasteiger partial charge on any atom is 0.124 e. The fourth-order valence-electron chi connectivity index (χ4n) is 2.96. The molecule has 1 aliphatic rings. The Hall–Kier alpha value is -2.46. The minimum atomic E-state index is 0.570. The lowest BCUT2D eigenvalue weighted by molar-refractivity contribution is 0.643. The van der Waals surface area contributed by atoms with Crippen molar-refractivity contribution in [3.8, 4) is 11.3 Å². The third kappa shape index (κ3) is 2.14. The zero-order valence-corrected chi connectivity index (χ0v) is 11.6. The number of anilines is 1. The molecule has 0 radical (unpaired) electrons. The highest BCUT2D eigenvalue weighted by Crippen LogP contribution is 2.29. The van der Waals surface area contributed by atoms with Crippen LogP contribution in [0.3, 0.4) is 0 Å². The first-order valence-corrected chi connectivity index (χ1v) is 7.15. The van der Waals surface area contributed by atoms with Gasteiger partial charge in [0.25, 0.3) is 0 Å². The molecule has 3 heterocycles. The first-order chi connectivity index (χ1) is 10.3. The Morgan fingerprint density at radius 3 is 3.00 bits per heavy atom. The third-order valence-electron chi connectivity index (χ3n) is 3.97. The Balaban J connectivity index is 1.93. The lowest BCUT2D eigenvalue weighted by Crippen LogP contribution is -2.24. The normalized spacial score (nSPS) is 14.1. The van der Waals surface area contributed by atoms with Crippen LogP contribution in [-0.2, 0) is 13.0 Å². The molecule has 2 aromatic heterocycles. The molecule has 4 rings (SSSR count). The SMILES string of the molecule is Nc1cc2c(c(-c3cnc4ccccc4c3)n1)CCNC2. The standard InChI is InChI=1S/C17H16N4/c18-16-8-12-9-19-6-5-14(12)17(21-16)13-7-11-3-1-2-4-15(11)20-10-13/h1-4,7-8,10,19H,5-6,9H2,(H2,18,21). The number of nitrogen functional groups attached to an aromatic ring is 1. The van der Waals surface area contributed by atoms with Crippen molar-refractivity contribution in [3.63, 3.8) is 0 Å². The second kappa shape index (κ2) is 4.82. The average Bonchev–Trinajstić information content (AvgIpc) is 2.53. The second-order valence-corrected chi connectivity index (χ2v) is 5.38. The van der Waals surface area contributed by atoms with E-state index in [0.29, 0.717) is 5.82 Å². The van der Waals surface area contributed by atoms with Crippen LogP contribution in [0.4, 0.5) is 5.82 Å². The van der Waals surface area contributed by atoms with Crippen LogP contribution in [0.2, 0.25) is 0 Å². The molecule has 3 N–H and O–H groups in total. The molecular weight excluding hydrogens is 260 g/mol. The largest absolute Gasteiger partial charge is 0.384 e. The van der Waals surface area contributed by atoms with Gasteiger partial charge in [0, 0.05) is 23.7 Å². The Morgan fingerprint density at radius 1 is 1.14 bits per heavy atom. The smallest absolute Gasteiger partial charge is 0.124 e. The maximum atomic E-state index is 5.97. The monoisotopic (exact) mass is 276 g/mol. The third-order valence-corrected chi connectivity index (χ3v) is 3.97. The summed E-state index contributed by atoms with van der Waals surface area (Å²) in [6.07, 6.45) is 2.87. The number of rotatable bonds is 1. The molecule has 0 fully saturated rings. The van der Waals surface area contributed by atoms with Gasteiger partial charge in [0.15, 0.2) is 0 Å². The van der Waals surface area contributed by atoms with Crippen LogP contribution in [0.25, 0.3) is 22.2 Å². The number of nitrogens with two attached hydrogens (primary N) is 1. The summed E-state index contributed by atoms with van der Waals surface area (Å²) in [4.78, 5) is 9.11. The molecule has 0 atom stereocenters. The number of aromatic nitrogens is 2. The van der Waals surface area contributed by atoms with Crippen LogP contribution >= 0.6 is 0 Å². The zero-order valence-electron chi connectivity index (χ0n) is 11.6. The van der Waals surface area contributed by atoms with Crippen LogP contribution in [0.15, 0.2) is 42.6 Å². The van der Waals surface area contributed by atoms with Gasteiger partial charge in [0.2, 0.25) is 0 Å². The average molecular weight is 276 g/mol. The minimum absolute atomic E-state index is 0.570. The van der Waals surface area contributed by atoms with Crippen LogP contribution in [0, 0.1) is 0 Å². The molecule has 4 heteroatoms. The first-order valence-electron chi connectivity index (χ1n) is 7.15. The minimum Gasteiger partial charge on any atom is -0.384 e. The van der Waals surface area contributed by atoms with Gasteiger partial charge in [-0.25, -0.2) is 4.98 Å². The lowest BCUT2D eigenvalue weighted by Gasteiger charge is -2.20. The molecule has 104 valence electrons.